The summed E-state index contributed by atoms with van der Waals surface area (Å²) in [7, 11) is 0. The van der Waals surface area contributed by atoms with Gasteiger partial charge in [0.1, 0.15) is 6.04 Å². The van der Waals surface area contributed by atoms with Gasteiger partial charge < -0.3 is 10.8 Å². The summed E-state index contributed by atoms with van der Waals surface area (Å²) in [4.78, 5) is 10.5. The van der Waals surface area contributed by atoms with Gasteiger partial charge in [0.15, 0.2) is 0 Å². The number of nitrogens with two attached hydrogens (primary N) is 1. The third-order valence-electron chi connectivity index (χ3n) is 2.33. The van der Waals surface area contributed by atoms with Crippen molar-refractivity contribution in [2.24, 2.45) is 5.73 Å². The molecule has 0 unspecified atom stereocenters. The topological polar surface area (TPSA) is 63.3 Å². The number of aryl methyl sites for hydroxylation is 1. The van der Waals surface area contributed by atoms with Gasteiger partial charge in [-0.1, -0.05) is 37.6 Å². The largest absolute Gasteiger partial charge is 0.480 e. The normalized spacial score (nSPS) is 12.4. The molecule has 1 rings (SSSR count). The number of carbonyl (C=O) groups is 1. The van der Waals surface area contributed by atoms with Crippen LogP contribution < -0.4 is 5.73 Å². The van der Waals surface area contributed by atoms with Crippen LogP contribution in [0.3, 0.4) is 0 Å². The molecule has 3 nitrogen and oxygen atoms in total. The lowest BCUT2D eigenvalue weighted by Gasteiger charge is -2.07. The highest BCUT2D eigenvalue weighted by atomic mass is 16.4. The zero-order valence-electron chi connectivity index (χ0n) is 8.94. The first-order valence-corrected chi connectivity index (χ1v) is 5.19. The molecule has 0 saturated carbocycles. The SMILES string of the molecule is CCCc1ccc(C[C@@H](N)C(=O)O)cc1. The maximum Gasteiger partial charge on any atom is 0.320 e. The molecule has 0 aliphatic rings. The van der Waals surface area contributed by atoms with Crippen molar-refractivity contribution in [3.8, 4) is 0 Å². The summed E-state index contributed by atoms with van der Waals surface area (Å²) < 4.78 is 0. The second-order valence-corrected chi connectivity index (χ2v) is 3.72. The summed E-state index contributed by atoms with van der Waals surface area (Å²) >= 11 is 0. The van der Waals surface area contributed by atoms with E-state index in [1.165, 1.54) is 5.56 Å². The van der Waals surface area contributed by atoms with Gasteiger partial charge in [-0.15, -0.1) is 0 Å². The molecule has 3 N–H and O–H groups in total. The second-order valence-electron chi connectivity index (χ2n) is 3.72. The standard InChI is InChI=1S/C12H17NO2/c1-2-3-9-4-6-10(7-5-9)8-11(13)12(14)15/h4-7,11H,2-3,8,13H2,1H3,(H,14,15)/t11-/m1/s1. The average molecular weight is 207 g/mol. The van der Waals surface area contributed by atoms with E-state index in [9.17, 15) is 4.79 Å². The molecule has 0 spiro atoms. The Hall–Kier alpha value is -1.35. The van der Waals surface area contributed by atoms with E-state index in [4.69, 9.17) is 10.8 Å². The molecular weight excluding hydrogens is 190 g/mol. The molecule has 0 saturated heterocycles. The predicted molar refractivity (Wildman–Crippen MR) is 59.8 cm³/mol. The van der Waals surface area contributed by atoms with E-state index in [2.05, 4.69) is 6.92 Å². The Bertz CT molecular complexity index is 319. The minimum atomic E-state index is -0.951. The lowest BCUT2D eigenvalue weighted by molar-refractivity contribution is -0.138. The Labute approximate surface area is 89.9 Å². The fourth-order valence-electron chi connectivity index (χ4n) is 1.47. The van der Waals surface area contributed by atoms with Crippen LogP contribution in [0.2, 0.25) is 0 Å². The summed E-state index contributed by atoms with van der Waals surface area (Å²) in [6.07, 6.45) is 2.57. The molecule has 82 valence electrons. The molecule has 1 atom stereocenters. The molecule has 15 heavy (non-hydrogen) atoms. The van der Waals surface area contributed by atoms with Crippen LogP contribution in [0, 0.1) is 0 Å². The summed E-state index contributed by atoms with van der Waals surface area (Å²) in [5.41, 5.74) is 7.70. The smallest absolute Gasteiger partial charge is 0.320 e. The molecule has 0 radical (unpaired) electrons. The predicted octanol–water partition coefficient (Wildman–Crippen LogP) is 1.59. The van der Waals surface area contributed by atoms with E-state index >= 15 is 0 Å². The van der Waals surface area contributed by atoms with Gasteiger partial charge in [-0.3, -0.25) is 4.79 Å². The van der Waals surface area contributed by atoms with Crippen molar-refractivity contribution in [1.82, 2.24) is 0 Å². The van der Waals surface area contributed by atoms with E-state index in [-0.39, 0.29) is 0 Å². The van der Waals surface area contributed by atoms with Gasteiger partial charge in [0.25, 0.3) is 0 Å². The monoisotopic (exact) mass is 207 g/mol. The number of carboxylic acids is 1. The van der Waals surface area contributed by atoms with Crippen molar-refractivity contribution in [3.63, 3.8) is 0 Å². The van der Waals surface area contributed by atoms with Crippen LogP contribution in [-0.2, 0) is 17.6 Å². The fourth-order valence-corrected chi connectivity index (χ4v) is 1.47. The Morgan fingerprint density at radius 1 is 1.33 bits per heavy atom. The van der Waals surface area contributed by atoms with Crippen LogP contribution in [0.25, 0.3) is 0 Å². The van der Waals surface area contributed by atoms with Crippen LogP contribution in [0.15, 0.2) is 24.3 Å². The third-order valence-corrected chi connectivity index (χ3v) is 2.33. The van der Waals surface area contributed by atoms with Crippen molar-refractivity contribution in [3.05, 3.63) is 35.4 Å². The van der Waals surface area contributed by atoms with Crippen LogP contribution in [0.1, 0.15) is 24.5 Å². The van der Waals surface area contributed by atoms with Crippen LogP contribution in [0.4, 0.5) is 0 Å². The molecule has 0 amide bonds. The van der Waals surface area contributed by atoms with Gasteiger partial charge in [-0.25, -0.2) is 0 Å². The minimum absolute atomic E-state index is 0.391. The number of hydrogen-bond donors (Lipinski definition) is 2. The quantitative estimate of drug-likeness (QED) is 0.770. The van der Waals surface area contributed by atoms with E-state index in [0.717, 1.165) is 18.4 Å². The average Bonchev–Trinajstić information content (AvgIpc) is 2.21. The van der Waals surface area contributed by atoms with Gasteiger partial charge in [0.2, 0.25) is 0 Å². The highest BCUT2D eigenvalue weighted by molar-refractivity contribution is 5.73. The first kappa shape index (κ1) is 11.7. The zero-order valence-corrected chi connectivity index (χ0v) is 8.94. The van der Waals surface area contributed by atoms with Gasteiger partial charge in [-0.2, -0.15) is 0 Å². The molecule has 1 aromatic carbocycles. The maximum absolute atomic E-state index is 10.5. The summed E-state index contributed by atoms with van der Waals surface area (Å²) in [5, 5.41) is 8.66. The molecule has 0 aliphatic heterocycles. The van der Waals surface area contributed by atoms with E-state index in [1.807, 2.05) is 24.3 Å². The van der Waals surface area contributed by atoms with Crippen molar-refractivity contribution in [1.29, 1.82) is 0 Å². The first-order chi connectivity index (χ1) is 7.13. The van der Waals surface area contributed by atoms with Crippen LogP contribution in [0.5, 0.6) is 0 Å². The van der Waals surface area contributed by atoms with Crippen molar-refractivity contribution in [2.75, 3.05) is 0 Å². The molecule has 3 heteroatoms. The second kappa shape index (κ2) is 5.51. The maximum atomic E-state index is 10.5. The van der Waals surface area contributed by atoms with E-state index in [1.54, 1.807) is 0 Å². The lowest BCUT2D eigenvalue weighted by Crippen LogP contribution is -2.32. The summed E-state index contributed by atoms with van der Waals surface area (Å²) in [5.74, 6) is -0.951. The summed E-state index contributed by atoms with van der Waals surface area (Å²) in [6.45, 7) is 2.13. The van der Waals surface area contributed by atoms with Gasteiger partial charge in [0.05, 0.1) is 0 Å². The number of rotatable bonds is 5. The molecule has 0 bridgehead atoms. The van der Waals surface area contributed by atoms with Gasteiger partial charge in [-0.05, 0) is 24.0 Å². The number of benzene rings is 1. The Morgan fingerprint density at radius 3 is 2.33 bits per heavy atom. The van der Waals surface area contributed by atoms with Gasteiger partial charge in [0, 0.05) is 0 Å². The molecule has 0 heterocycles. The fraction of sp³-hybridized carbons (Fsp3) is 0.417. The summed E-state index contributed by atoms with van der Waals surface area (Å²) in [6, 6.07) is 7.17. The highest BCUT2D eigenvalue weighted by Gasteiger charge is 2.11. The number of hydrogen-bond acceptors (Lipinski definition) is 2. The lowest BCUT2D eigenvalue weighted by atomic mass is 10.0. The van der Waals surface area contributed by atoms with Crippen LogP contribution >= 0.6 is 0 Å². The molecule has 0 aromatic heterocycles. The third kappa shape index (κ3) is 3.72. The van der Waals surface area contributed by atoms with Crippen molar-refractivity contribution in [2.45, 2.75) is 32.2 Å². The first-order valence-electron chi connectivity index (χ1n) is 5.19. The number of aliphatic carboxylic acids is 1. The van der Waals surface area contributed by atoms with E-state index in [0.29, 0.717) is 6.42 Å². The minimum Gasteiger partial charge on any atom is -0.480 e. The van der Waals surface area contributed by atoms with Crippen molar-refractivity contribution < 1.29 is 9.90 Å². The van der Waals surface area contributed by atoms with Gasteiger partial charge >= 0.3 is 5.97 Å². The van der Waals surface area contributed by atoms with E-state index < -0.39 is 12.0 Å². The Morgan fingerprint density at radius 2 is 1.87 bits per heavy atom. The number of carboxylic acid groups (broad SMARTS) is 1. The zero-order chi connectivity index (χ0) is 11.3. The molecule has 1 aromatic rings. The Balaban J connectivity index is 2.60. The molecule has 0 aliphatic carbocycles. The van der Waals surface area contributed by atoms with Crippen LogP contribution in [-0.4, -0.2) is 17.1 Å². The van der Waals surface area contributed by atoms with Crippen molar-refractivity contribution >= 4 is 5.97 Å². The molecular formula is C12H17NO2. The Kier molecular flexibility index (Phi) is 4.31. The molecule has 0 fully saturated rings. The highest BCUT2D eigenvalue weighted by Crippen LogP contribution is 2.08.